The molecule has 0 spiro atoms. The molecule has 1 heterocycles. The highest BCUT2D eigenvalue weighted by Crippen LogP contribution is 2.23. The zero-order valence-corrected chi connectivity index (χ0v) is 10.7. The second-order valence-electron chi connectivity index (χ2n) is 5.16. The quantitative estimate of drug-likeness (QED) is 0.851. The third-order valence-electron chi connectivity index (χ3n) is 2.87. The molecular weight excluding hydrogens is 200 g/mol. The Morgan fingerprint density at radius 2 is 2.12 bits per heavy atom. The van der Waals surface area contributed by atoms with Crippen molar-refractivity contribution in [1.82, 2.24) is 4.98 Å². The van der Waals surface area contributed by atoms with Crippen LogP contribution in [0.4, 0.5) is 0 Å². The molecule has 1 unspecified atom stereocenters. The molecular formula is C13H22N2O. The minimum Gasteiger partial charge on any atom is -0.495 e. The lowest BCUT2D eigenvalue weighted by Crippen LogP contribution is -2.35. The van der Waals surface area contributed by atoms with Crippen LogP contribution < -0.4 is 10.5 Å². The van der Waals surface area contributed by atoms with Crippen LogP contribution in [0.3, 0.4) is 0 Å². The molecule has 0 bridgehead atoms. The van der Waals surface area contributed by atoms with Gasteiger partial charge in [0.1, 0.15) is 5.75 Å². The summed E-state index contributed by atoms with van der Waals surface area (Å²) in [6, 6.07) is 4.00. The summed E-state index contributed by atoms with van der Waals surface area (Å²) in [6.45, 7) is 6.48. The van der Waals surface area contributed by atoms with Crippen molar-refractivity contribution in [2.45, 2.75) is 39.7 Å². The zero-order valence-electron chi connectivity index (χ0n) is 10.7. The van der Waals surface area contributed by atoms with Gasteiger partial charge in [0.2, 0.25) is 0 Å². The fourth-order valence-electron chi connectivity index (χ4n) is 1.52. The maximum absolute atomic E-state index is 6.12. The summed E-state index contributed by atoms with van der Waals surface area (Å²) in [4.78, 5) is 4.32. The second-order valence-corrected chi connectivity index (χ2v) is 5.16. The van der Waals surface area contributed by atoms with Gasteiger partial charge in [-0.2, -0.15) is 0 Å². The highest BCUT2D eigenvalue weighted by Gasteiger charge is 2.20. The molecule has 0 amide bonds. The molecule has 3 nitrogen and oxygen atoms in total. The predicted octanol–water partition coefficient (Wildman–Crippen LogP) is 2.40. The molecule has 2 N–H and O–H groups in total. The van der Waals surface area contributed by atoms with Crippen molar-refractivity contribution in [3.05, 3.63) is 24.0 Å². The Morgan fingerprint density at radius 3 is 2.69 bits per heavy atom. The SMILES string of the molecule is COc1cccnc1CCC(N)C(C)(C)C. The first-order chi connectivity index (χ1) is 7.45. The molecule has 3 heteroatoms. The van der Waals surface area contributed by atoms with E-state index in [-0.39, 0.29) is 11.5 Å². The van der Waals surface area contributed by atoms with Crippen LogP contribution in [-0.2, 0) is 6.42 Å². The van der Waals surface area contributed by atoms with Gasteiger partial charge in [0.05, 0.1) is 12.8 Å². The van der Waals surface area contributed by atoms with Gasteiger partial charge in [-0.25, -0.2) is 0 Å². The Hall–Kier alpha value is -1.09. The minimum atomic E-state index is 0.141. The average Bonchev–Trinajstić information content (AvgIpc) is 2.24. The first kappa shape index (κ1) is 13.0. The lowest BCUT2D eigenvalue weighted by atomic mass is 9.84. The fourth-order valence-corrected chi connectivity index (χ4v) is 1.52. The fraction of sp³-hybridized carbons (Fsp3) is 0.615. The maximum Gasteiger partial charge on any atom is 0.140 e. The van der Waals surface area contributed by atoms with E-state index in [0.29, 0.717) is 0 Å². The highest BCUT2D eigenvalue weighted by atomic mass is 16.5. The van der Waals surface area contributed by atoms with Gasteiger partial charge < -0.3 is 10.5 Å². The van der Waals surface area contributed by atoms with Crippen molar-refractivity contribution >= 4 is 0 Å². The zero-order chi connectivity index (χ0) is 12.2. The molecule has 0 fully saturated rings. The van der Waals surface area contributed by atoms with Crippen molar-refractivity contribution in [3.63, 3.8) is 0 Å². The van der Waals surface area contributed by atoms with Gasteiger partial charge in [-0.05, 0) is 30.4 Å². The van der Waals surface area contributed by atoms with E-state index in [4.69, 9.17) is 10.5 Å². The number of ether oxygens (including phenoxy) is 1. The molecule has 1 atom stereocenters. The third kappa shape index (κ3) is 3.49. The van der Waals surface area contributed by atoms with Crippen molar-refractivity contribution in [2.24, 2.45) is 11.1 Å². The molecule has 0 aliphatic rings. The van der Waals surface area contributed by atoms with Crippen molar-refractivity contribution < 1.29 is 4.74 Å². The molecule has 1 aromatic rings. The van der Waals surface area contributed by atoms with E-state index in [2.05, 4.69) is 25.8 Å². The normalized spacial score (nSPS) is 13.6. The molecule has 16 heavy (non-hydrogen) atoms. The van der Waals surface area contributed by atoms with E-state index in [1.807, 2.05) is 12.1 Å². The monoisotopic (exact) mass is 222 g/mol. The van der Waals surface area contributed by atoms with Crippen LogP contribution in [0.5, 0.6) is 5.75 Å². The molecule has 1 rings (SSSR count). The average molecular weight is 222 g/mol. The topological polar surface area (TPSA) is 48.1 Å². The lowest BCUT2D eigenvalue weighted by Gasteiger charge is -2.27. The summed E-state index contributed by atoms with van der Waals surface area (Å²) >= 11 is 0. The van der Waals surface area contributed by atoms with E-state index >= 15 is 0 Å². The molecule has 0 aromatic carbocycles. The van der Waals surface area contributed by atoms with Crippen molar-refractivity contribution in [3.8, 4) is 5.75 Å². The number of aryl methyl sites for hydroxylation is 1. The molecule has 0 aliphatic heterocycles. The van der Waals surface area contributed by atoms with Crippen LogP contribution in [0.25, 0.3) is 0 Å². The van der Waals surface area contributed by atoms with Crippen molar-refractivity contribution in [2.75, 3.05) is 7.11 Å². The predicted molar refractivity (Wildman–Crippen MR) is 66.5 cm³/mol. The number of nitrogens with zero attached hydrogens (tertiary/aromatic N) is 1. The maximum atomic E-state index is 6.12. The van der Waals surface area contributed by atoms with Crippen LogP contribution in [0.1, 0.15) is 32.9 Å². The van der Waals surface area contributed by atoms with Crippen LogP contribution in [0, 0.1) is 5.41 Å². The van der Waals surface area contributed by atoms with Crippen LogP contribution in [-0.4, -0.2) is 18.1 Å². The third-order valence-corrected chi connectivity index (χ3v) is 2.87. The summed E-state index contributed by atoms with van der Waals surface area (Å²) in [5.74, 6) is 0.851. The molecule has 90 valence electrons. The molecule has 0 radical (unpaired) electrons. The highest BCUT2D eigenvalue weighted by molar-refractivity contribution is 5.26. The van der Waals surface area contributed by atoms with E-state index in [0.717, 1.165) is 24.3 Å². The summed E-state index contributed by atoms with van der Waals surface area (Å²) in [7, 11) is 1.67. The molecule has 0 saturated heterocycles. The Kier molecular flexibility index (Phi) is 4.30. The largest absolute Gasteiger partial charge is 0.495 e. The van der Waals surface area contributed by atoms with Gasteiger partial charge in [-0.3, -0.25) is 4.98 Å². The number of nitrogens with two attached hydrogens (primary N) is 1. The molecule has 1 aromatic heterocycles. The number of aromatic nitrogens is 1. The lowest BCUT2D eigenvalue weighted by molar-refractivity contribution is 0.304. The van der Waals surface area contributed by atoms with E-state index in [1.54, 1.807) is 13.3 Å². The van der Waals surface area contributed by atoms with Gasteiger partial charge in [0.15, 0.2) is 0 Å². The van der Waals surface area contributed by atoms with Crippen LogP contribution in [0.15, 0.2) is 18.3 Å². The van der Waals surface area contributed by atoms with Gasteiger partial charge in [-0.15, -0.1) is 0 Å². The standard InChI is InChI=1S/C13H22N2O/c1-13(2,3)12(14)8-7-10-11(16-4)6-5-9-15-10/h5-6,9,12H,7-8,14H2,1-4H3. The minimum absolute atomic E-state index is 0.141. The second kappa shape index (κ2) is 5.30. The Bertz CT molecular complexity index is 331. The molecule has 0 saturated carbocycles. The van der Waals surface area contributed by atoms with Gasteiger partial charge >= 0.3 is 0 Å². The number of hydrogen-bond acceptors (Lipinski definition) is 3. The summed E-state index contributed by atoms with van der Waals surface area (Å²) in [5.41, 5.74) is 7.25. The van der Waals surface area contributed by atoms with Gasteiger partial charge in [-0.1, -0.05) is 20.8 Å². The number of rotatable bonds is 4. The first-order valence-corrected chi connectivity index (χ1v) is 5.68. The Balaban J connectivity index is 2.61. The van der Waals surface area contributed by atoms with Crippen LogP contribution >= 0.6 is 0 Å². The summed E-state index contributed by atoms with van der Waals surface area (Å²) < 4.78 is 5.26. The van der Waals surface area contributed by atoms with Gasteiger partial charge in [0, 0.05) is 12.2 Å². The first-order valence-electron chi connectivity index (χ1n) is 5.68. The summed E-state index contributed by atoms with van der Waals surface area (Å²) in [6.07, 6.45) is 3.58. The Labute approximate surface area is 98.0 Å². The summed E-state index contributed by atoms with van der Waals surface area (Å²) in [5, 5.41) is 0. The van der Waals surface area contributed by atoms with E-state index in [1.165, 1.54) is 0 Å². The van der Waals surface area contributed by atoms with Crippen LogP contribution in [0.2, 0.25) is 0 Å². The van der Waals surface area contributed by atoms with E-state index in [9.17, 15) is 0 Å². The van der Waals surface area contributed by atoms with Gasteiger partial charge in [0.25, 0.3) is 0 Å². The smallest absolute Gasteiger partial charge is 0.140 e. The number of pyridine rings is 1. The van der Waals surface area contributed by atoms with E-state index < -0.39 is 0 Å². The van der Waals surface area contributed by atoms with Crippen molar-refractivity contribution in [1.29, 1.82) is 0 Å². The Morgan fingerprint density at radius 1 is 1.44 bits per heavy atom. The number of methoxy groups -OCH3 is 1. The molecule has 0 aliphatic carbocycles. The number of hydrogen-bond donors (Lipinski definition) is 1.